The first-order chi connectivity index (χ1) is 11.9. The van der Waals surface area contributed by atoms with Crippen LogP contribution in [0.15, 0.2) is 48.6 Å². The van der Waals surface area contributed by atoms with Crippen LogP contribution in [0.3, 0.4) is 0 Å². The molecule has 0 rings (SSSR count). The second-order valence-corrected chi connectivity index (χ2v) is 6.00. The largest absolute Gasteiger partial charge is 0.481 e. The van der Waals surface area contributed by atoms with Gasteiger partial charge in [-0.15, -0.1) is 0 Å². The molecule has 0 heterocycles. The highest BCUT2D eigenvalue weighted by Crippen LogP contribution is 2.17. The fraction of sp³-hybridized carbons (Fsp3) is 0.550. The highest BCUT2D eigenvalue weighted by Gasteiger charge is 2.30. The van der Waals surface area contributed by atoms with E-state index < -0.39 is 17.9 Å². The third-order valence-corrected chi connectivity index (χ3v) is 3.62. The first-order valence-electron chi connectivity index (χ1n) is 8.91. The van der Waals surface area contributed by atoms with E-state index in [1.54, 1.807) is 18.2 Å². The van der Waals surface area contributed by atoms with Gasteiger partial charge in [-0.05, 0) is 25.7 Å². The van der Waals surface area contributed by atoms with Crippen LogP contribution in [0.4, 0.5) is 0 Å². The first-order valence-corrected chi connectivity index (χ1v) is 8.91. The van der Waals surface area contributed by atoms with Gasteiger partial charge in [-0.25, -0.2) is 0 Å². The number of unbranched alkanes of at least 4 members (excludes halogenated alkanes) is 4. The third kappa shape index (κ3) is 14.4. The van der Waals surface area contributed by atoms with Crippen molar-refractivity contribution in [3.63, 3.8) is 0 Å². The summed E-state index contributed by atoms with van der Waals surface area (Å²) < 4.78 is 0. The van der Waals surface area contributed by atoms with Gasteiger partial charge in [-0.3, -0.25) is 4.79 Å². The average molecular weight is 352 g/mol. The Morgan fingerprint density at radius 2 is 1.60 bits per heavy atom. The molecule has 0 aliphatic carbocycles. The van der Waals surface area contributed by atoms with Gasteiger partial charge in [-0.2, -0.15) is 0 Å². The van der Waals surface area contributed by atoms with E-state index in [1.165, 1.54) is 6.08 Å². The van der Waals surface area contributed by atoms with Crippen molar-refractivity contribution in [2.45, 2.75) is 70.2 Å². The summed E-state index contributed by atoms with van der Waals surface area (Å²) in [5.41, 5.74) is 0. The lowest BCUT2D eigenvalue weighted by molar-refractivity contribution is -0.215. The van der Waals surface area contributed by atoms with E-state index in [0.717, 1.165) is 25.7 Å². The van der Waals surface area contributed by atoms with Gasteiger partial charge in [0.1, 0.15) is 6.10 Å². The molecule has 0 amide bonds. The molecular formula is C20H32O5. The van der Waals surface area contributed by atoms with Crippen molar-refractivity contribution < 1.29 is 25.2 Å². The Hall–Kier alpha value is -1.69. The van der Waals surface area contributed by atoms with Gasteiger partial charge in [0.15, 0.2) is 5.79 Å². The molecule has 0 spiro atoms. The van der Waals surface area contributed by atoms with E-state index in [2.05, 4.69) is 0 Å². The summed E-state index contributed by atoms with van der Waals surface area (Å²) in [5.74, 6) is -2.84. The molecule has 0 saturated carbocycles. The van der Waals surface area contributed by atoms with Crippen LogP contribution in [-0.4, -0.2) is 38.3 Å². The average Bonchev–Trinajstić information content (AvgIpc) is 2.55. The van der Waals surface area contributed by atoms with Crippen LogP contribution in [0.25, 0.3) is 0 Å². The number of aliphatic hydroxyl groups is 3. The van der Waals surface area contributed by atoms with Gasteiger partial charge in [0, 0.05) is 12.8 Å². The molecule has 142 valence electrons. The molecule has 0 radical (unpaired) electrons. The SMILES string of the molecule is CCCCCC(O)(O)C(O)/C=C/C=C/C=C\C=CCCCCC(=O)O. The number of carbonyl (C=O) groups is 1. The zero-order valence-electron chi connectivity index (χ0n) is 15.1. The smallest absolute Gasteiger partial charge is 0.303 e. The maximum Gasteiger partial charge on any atom is 0.303 e. The summed E-state index contributed by atoms with van der Waals surface area (Å²) in [5, 5.41) is 37.8. The Balaban J connectivity index is 3.97. The van der Waals surface area contributed by atoms with Crippen molar-refractivity contribution >= 4 is 5.97 Å². The van der Waals surface area contributed by atoms with E-state index in [-0.39, 0.29) is 12.8 Å². The number of allylic oxidation sites excluding steroid dienone is 7. The molecule has 4 N–H and O–H groups in total. The lowest BCUT2D eigenvalue weighted by atomic mass is 10.0. The molecule has 0 aromatic rings. The number of hydrogen-bond acceptors (Lipinski definition) is 4. The Bertz CT molecular complexity index is 461. The van der Waals surface area contributed by atoms with E-state index >= 15 is 0 Å². The number of rotatable bonds is 14. The van der Waals surface area contributed by atoms with Crippen molar-refractivity contribution in [1.82, 2.24) is 0 Å². The molecule has 0 saturated heterocycles. The Labute approximate surface area is 150 Å². The van der Waals surface area contributed by atoms with Crippen LogP contribution >= 0.6 is 0 Å². The van der Waals surface area contributed by atoms with Gasteiger partial charge in [-0.1, -0.05) is 68.4 Å². The molecule has 0 aromatic heterocycles. The molecule has 0 aliphatic heterocycles. The highest BCUT2D eigenvalue weighted by atomic mass is 16.5. The molecule has 5 nitrogen and oxygen atoms in total. The van der Waals surface area contributed by atoms with Crippen molar-refractivity contribution in [3.8, 4) is 0 Å². The normalized spacial score (nSPS) is 14.4. The molecular weight excluding hydrogens is 320 g/mol. The molecule has 0 aliphatic rings. The minimum Gasteiger partial charge on any atom is -0.481 e. The molecule has 25 heavy (non-hydrogen) atoms. The molecule has 0 bridgehead atoms. The number of carboxylic acid groups (broad SMARTS) is 1. The van der Waals surface area contributed by atoms with Gasteiger partial charge in [0.25, 0.3) is 0 Å². The van der Waals surface area contributed by atoms with Crippen LogP contribution in [0.1, 0.15) is 58.3 Å². The summed E-state index contributed by atoms with van der Waals surface area (Å²) in [7, 11) is 0. The zero-order chi connectivity index (χ0) is 19.0. The predicted octanol–water partition coefficient (Wildman–Crippen LogP) is 3.48. The van der Waals surface area contributed by atoms with Gasteiger partial charge in [0.2, 0.25) is 0 Å². The van der Waals surface area contributed by atoms with Gasteiger partial charge < -0.3 is 20.4 Å². The van der Waals surface area contributed by atoms with Gasteiger partial charge >= 0.3 is 5.97 Å². The summed E-state index contributed by atoms with van der Waals surface area (Å²) in [4.78, 5) is 10.3. The van der Waals surface area contributed by atoms with Crippen molar-refractivity contribution in [3.05, 3.63) is 48.6 Å². The Morgan fingerprint density at radius 1 is 0.960 bits per heavy atom. The second-order valence-electron chi connectivity index (χ2n) is 6.00. The predicted molar refractivity (Wildman–Crippen MR) is 100.0 cm³/mol. The molecule has 1 atom stereocenters. The molecule has 1 unspecified atom stereocenters. The minimum absolute atomic E-state index is 0.146. The van der Waals surface area contributed by atoms with Crippen LogP contribution in [-0.2, 0) is 4.79 Å². The van der Waals surface area contributed by atoms with E-state index in [4.69, 9.17) is 5.11 Å². The second kappa shape index (κ2) is 14.6. The van der Waals surface area contributed by atoms with Crippen molar-refractivity contribution in [1.29, 1.82) is 0 Å². The standard InChI is InChI=1S/C20H32O5/c1-2-3-14-17-20(24,25)18(21)15-12-10-8-6-4-5-7-9-11-13-16-19(22)23/h4-8,10,12,15,18,21,24-25H,2-3,9,11,13-14,16-17H2,1H3,(H,22,23)/b6-4-,7-5?,10-8+,15-12+. The Morgan fingerprint density at radius 3 is 2.24 bits per heavy atom. The number of carboxylic acids is 1. The topological polar surface area (TPSA) is 98.0 Å². The fourth-order valence-corrected chi connectivity index (χ4v) is 2.08. The lowest BCUT2D eigenvalue weighted by Crippen LogP contribution is -2.40. The quantitative estimate of drug-likeness (QED) is 0.218. The summed E-state index contributed by atoms with van der Waals surface area (Å²) in [6.07, 6.45) is 17.9. The molecule has 5 heteroatoms. The molecule has 0 fully saturated rings. The number of aliphatic hydroxyl groups excluding tert-OH is 1. The molecule has 0 aromatic carbocycles. The van der Waals surface area contributed by atoms with E-state index in [1.807, 2.05) is 31.2 Å². The zero-order valence-corrected chi connectivity index (χ0v) is 15.1. The summed E-state index contributed by atoms with van der Waals surface area (Å²) >= 11 is 0. The summed E-state index contributed by atoms with van der Waals surface area (Å²) in [6, 6.07) is 0. The monoisotopic (exact) mass is 352 g/mol. The fourth-order valence-electron chi connectivity index (χ4n) is 2.08. The maximum absolute atomic E-state index is 10.3. The van der Waals surface area contributed by atoms with E-state index in [9.17, 15) is 20.1 Å². The highest BCUT2D eigenvalue weighted by molar-refractivity contribution is 5.66. The van der Waals surface area contributed by atoms with Crippen molar-refractivity contribution in [2.75, 3.05) is 0 Å². The minimum atomic E-state index is -2.08. The van der Waals surface area contributed by atoms with Crippen molar-refractivity contribution in [2.24, 2.45) is 0 Å². The number of hydrogen-bond donors (Lipinski definition) is 4. The van der Waals surface area contributed by atoms with Crippen LogP contribution in [0.5, 0.6) is 0 Å². The van der Waals surface area contributed by atoms with Gasteiger partial charge in [0.05, 0.1) is 0 Å². The van der Waals surface area contributed by atoms with Crippen LogP contribution < -0.4 is 0 Å². The lowest BCUT2D eigenvalue weighted by Gasteiger charge is -2.25. The number of aliphatic carboxylic acids is 1. The van der Waals surface area contributed by atoms with Crippen LogP contribution in [0, 0.1) is 0 Å². The summed E-state index contributed by atoms with van der Waals surface area (Å²) in [6.45, 7) is 2.03. The Kier molecular flexibility index (Phi) is 13.6. The third-order valence-electron chi connectivity index (χ3n) is 3.62. The first kappa shape index (κ1) is 23.3. The maximum atomic E-state index is 10.3. The van der Waals surface area contributed by atoms with E-state index in [0.29, 0.717) is 12.8 Å². The van der Waals surface area contributed by atoms with Crippen LogP contribution in [0.2, 0.25) is 0 Å².